The maximum absolute atomic E-state index is 3.50. The molecule has 1 aromatic rings. The minimum Gasteiger partial charge on any atom is -0.384 e. The predicted octanol–water partition coefficient (Wildman–Crippen LogP) is 2.38. The van der Waals surface area contributed by atoms with Crippen molar-refractivity contribution in [3.63, 3.8) is 0 Å². The Kier molecular flexibility index (Phi) is 2.46. The summed E-state index contributed by atoms with van der Waals surface area (Å²) in [7, 11) is 2.04. The summed E-state index contributed by atoms with van der Waals surface area (Å²) in [5, 5.41) is 6.88. The molecule has 2 heteroatoms. The molecule has 0 saturated heterocycles. The van der Waals surface area contributed by atoms with Crippen LogP contribution in [0.2, 0.25) is 0 Å². The summed E-state index contributed by atoms with van der Waals surface area (Å²) >= 11 is 0. The van der Waals surface area contributed by atoms with E-state index in [4.69, 9.17) is 0 Å². The number of hydrogen-bond donors (Lipinski definition) is 2. The van der Waals surface area contributed by atoms with Gasteiger partial charge in [-0.3, -0.25) is 0 Å². The normalized spacial score (nSPS) is 20.1. The Labute approximate surface area is 85.7 Å². The van der Waals surface area contributed by atoms with Crippen LogP contribution < -0.4 is 10.6 Å². The molecule has 1 aliphatic heterocycles. The van der Waals surface area contributed by atoms with Crippen molar-refractivity contribution in [2.24, 2.45) is 0 Å². The lowest BCUT2D eigenvalue weighted by Crippen LogP contribution is -2.26. The zero-order chi connectivity index (χ0) is 10.1. The number of hydrogen-bond acceptors (Lipinski definition) is 2. The predicted molar refractivity (Wildman–Crippen MR) is 60.8 cm³/mol. The molecule has 0 saturated carbocycles. The van der Waals surface area contributed by atoms with Crippen LogP contribution in [0, 0.1) is 13.8 Å². The van der Waals surface area contributed by atoms with Crippen LogP contribution in [0.1, 0.15) is 29.2 Å². The van der Waals surface area contributed by atoms with Crippen LogP contribution in [0.15, 0.2) is 12.1 Å². The van der Waals surface area contributed by atoms with Crippen LogP contribution in [0.3, 0.4) is 0 Å². The van der Waals surface area contributed by atoms with Crippen LogP contribution in [-0.4, -0.2) is 13.6 Å². The van der Waals surface area contributed by atoms with E-state index in [1.807, 2.05) is 7.05 Å². The van der Waals surface area contributed by atoms with Crippen LogP contribution in [0.5, 0.6) is 0 Å². The molecule has 0 amide bonds. The van der Waals surface area contributed by atoms with E-state index in [1.165, 1.54) is 28.8 Å². The van der Waals surface area contributed by atoms with Crippen molar-refractivity contribution in [2.45, 2.75) is 26.3 Å². The molecule has 1 aromatic carbocycles. The highest BCUT2D eigenvalue weighted by Gasteiger charge is 2.21. The zero-order valence-electron chi connectivity index (χ0n) is 9.15. The van der Waals surface area contributed by atoms with Crippen molar-refractivity contribution in [3.05, 3.63) is 28.8 Å². The second-order valence-electron chi connectivity index (χ2n) is 4.04. The van der Waals surface area contributed by atoms with Gasteiger partial charge in [0, 0.05) is 18.3 Å². The fourth-order valence-electron chi connectivity index (χ4n) is 2.29. The smallest absolute Gasteiger partial charge is 0.0421 e. The second-order valence-corrected chi connectivity index (χ2v) is 4.04. The van der Waals surface area contributed by atoms with Crippen molar-refractivity contribution >= 4 is 5.69 Å². The molecule has 0 spiro atoms. The first-order valence-electron chi connectivity index (χ1n) is 5.25. The molecule has 0 radical (unpaired) electrons. The first-order chi connectivity index (χ1) is 6.74. The van der Waals surface area contributed by atoms with Gasteiger partial charge in [0.15, 0.2) is 0 Å². The van der Waals surface area contributed by atoms with Gasteiger partial charge in [0.2, 0.25) is 0 Å². The lowest BCUT2D eigenvalue weighted by molar-refractivity contribution is 0.548. The van der Waals surface area contributed by atoms with E-state index >= 15 is 0 Å². The van der Waals surface area contributed by atoms with Crippen molar-refractivity contribution < 1.29 is 0 Å². The molecule has 0 aliphatic carbocycles. The van der Waals surface area contributed by atoms with E-state index in [-0.39, 0.29) is 0 Å². The molecule has 0 bridgehead atoms. The third-order valence-electron chi connectivity index (χ3n) is 3.10. The third-order valence-corrected chi connectivity index (χ3v) is 3.10. The summed E-state index contributed by atoms with van der Waals surface area (Å²) in [4.78, 5) is 0. The van der Waals surface area contributed by atoms with Gasteiger partial charge < -0.3 is 10.6 Å². The van der Waals surface area contributed by atoms with Crippen molar-refractivity contribution in [2.75, 3.05) is 18.9 Å². The quantitative estimate of drug-likeness (QED) is 0.710. The summed E-state index contributed by atoms with van der Waals surface area (Å²) in [6.07, 6.45) is 1.17. The van der Waals surface area contributed by atoms with E-state index in [1.54, 1.807) is 0 Å². The molecule has 1 atom stereocenters. The number of aryl methyl sites for hydroxylation is 2. The largest absolute Gasteiger partial charge is 0.384 e. The van der Waals surface area contributed by atoms with E-state index in [0.29, 0.717) is 6.04 Å². The molecule has 1 heterocycles. The van der Waals surface area contributed by atoms with Crippen molar-refractivity contribution in [3.8, 4) is 0 Å². The van der Waals surface area contributed by atoms with Crippen LogP contribution in [-0.2, 0) is 0 Å². The van der Waals surface area contributed by atoms with E-state index < -0.39 is 0 Å². The van der Waals surface area contributed by atoms with Gasteiger partial charge in [-0.1, -0.05) is 12.1 Å². The number of anilines is 1. The Bertz CT molecular complexity index is 344. The highest BCUT2D eigenvalue weighted by molar-refractivity contribution is 5.62. The first kappa shape index (κ1) is 9.53. The summed E-state index contributed by atoms with van der Waals surface area (Å²) in [6.45, 7) is 5.43. The molecule has 2 nitrogen and oxygen atoms in total. The molecule has 14 heavy (non-hydrogen) atoms. The van der Waals surface area contributed by atoms with Crippen molar-refractivity contribution in [1.82, 2.24) is 5.32 Å². The van der Waals surface area contributed by atoms with Gasteiger partial charge >= 0.3 is 0 Å². The van der Waals surface area contributed by atoms with Crippen LogP contribution >= 0.6 is 0 Å². The average Bonchev–Trinajstić information content (AvgIpc) is 2.23. The highest BCUT2D eigenvalue weighted by Crippen LogP contribution is 2.34. The molecule has 0 fully saturated rings. The Balaban J connectivity index is 2.55. The van der Waals surface area contributed by atoms with Gasteiger partial charge in [0.25, 0.3) is 0 Å². The molecule has 2 N–H and O–H groups in total. The van der Waals surface area contributed by atoms with Gasteiger partial charge in [0.05, 0.1) is 0 Å². The average molecular weight is 190 g/mol. The zero-order valence-corrected chi connectivity index (χ0v) is 9.15. The number of fused-ring (bicyclic) bond motifs is 1. The molecular weight excluding hydrogens is 172 g/mol. The Morgan fingerprint density at radius 2 is 2.00 bits per heavy atom. The first-order valence-corrected chi connectivity index (χ1v) is 5.25. The summed E-state index contributed by atoms with van der Waals surface area (Å²) in [6, 6.07) is 4.93. The number of nitrogens with one attached hydrogen (secondary N) is 2. The van der Waals surface area contributed by atoms with E-state index in [2.05, 4.69) is 36.6 Å². The lowest BCUT2D eigenvalue weighted by atomic mass is 9.91. The summed E-state index contributed by atoms with van der Waals surface area (Å²) < 4.78 is 0. The topological polar surface area (TPSA) is 24.1 Å². The van der Waals surface area contributed by atoms with Crippen molar-refractivity contribution in [1.29, 1.82) is 0 Å². The van der Waals surface area contributed by atoms with Crippen LogP contribution in [0.4, 0.5) is 5.69 Å². The fourth-order valence-corrected chi connectivity index (χ4v) is 2.29. The Morgan fingerprint density at radius 1 is 1.29 bits per heavy atom. The van der Waals surface area contributed by atoms with Gasteiger partial charge in [-0.2, -0.15) is 0 Å². The third kappa shape index (κ3) is 1.40. The van der Waals surface area contributed by atoms with Gasteiger partial charge in [-0.25, -0.2) is 0 Å². The highest BCUT2D eigenvalue weighted by atomic mass is 15.0. The van der Waals surface area contributed by atoms with Crippen LogP contribution in [0.25, 0.3) is 0 Å². The molecule has 76 valence electrons. The Hall–Kier alpha value is -1.02. The molecule has 1 aliphatic rings. The number of benzene rings is 1. The number of rotatable bonds is 1. The second kappa shape index (κ2) is 3.62. The molecular formula is C12H18N2. The molecule has 0 aromatic heterocycles. The van der Waals surface area contributed by atoms with E-state index in [9.17, 15) is 0 Å². The van der Waals surface area contributed by atoms with Gasteiger partial charge in [0.1, 0.15) is 0 Å². The Morgan fingerprint density at radius 3 is 2.71 bits per heavy atom. The van der Waals surface area contributed by atoms with Gasteiger partial charge in [-0.15, -0.1) is 0 Å². The molecule has 2 rings (SSSR count). The molecule has 1 unspecified atom stereocenters. The monoisotopic (exact) mass is 190 g/mol. The minimum absolute atomic E-state index is 0.520. The SMILES string of the molecule is CNC1CCNc2c(C)ccc(C)c21. The minimum atomic E-state index is 0.520. The maximum atomic E-state index is 3.50. The van der Waals surface area contributed by atoms with Gasteiger partial charge in [-0.05, 0) is 44.0 Å². The lowest BCUT2D eigenvalue weighted by Gasteiger charge is -2.29. The summed E-state index contributed by atoms with van der Waals surface area (Å²) in [5.74, 6) is 0. The standard InChI is InChI=1S/C12H18N2/c1-8-4-5-9(2)12-11(8)10(13-3)6-7-14-12/h4-5,10,13-14H,6-7H2,1-3H3. The summed E-state index contributed by atoms with van der Waals surface area (Å²) in [5.41, 5.74) is 5.54. The fraction of sp³-hybridized carbons (Fsp3) is 0.500. The maximum Gasteiger partial charge on any atom is 0.0421 e. The van der Waals surface area contributed by atoms with E-state index in [0.717, 1.165) is 6.54 Å².